The van der Waals surface area contributed by atoms with E-state index in [9.17, 15) is 15.0 Å². The first-order valence-electron chi connectivity index (χ1n) is 8.38. The molecular weight excluding hydrogens is 319 g/mol. The van der Waals surface area contributed by atoms with E-state index in [0.29, 0.717) is 32.7 Å². The Labute approximate surface area is 167 Å². The molecule has 7 heteroatoms. The molecule has 134 valence electrons. The zero-order chi connectivity index (χ0) is 17.5. The Balaban J connectivity index is 0. The SMILES string of the molecule is CCC/C=C(\[O-])CNCCN(CCC(=O)O)C/C(O)=C/CCC.[Na+]. The first kappa shape index (κ1) is 25.7. The van der Waals surface area contributed by atoms with Crippen LogP contribution in [0.4, 0.5) is 0 Å². The van der Waals surface area contributed by atoms with Crippen molar-refractivity contribution in [1.29, 1.82) is 0 Å². The van der Waals surface area contributed by atoms with Gasteiger partial charge >= 0.3 is 35.5 Å². The maximum absolute atomic E-state index is 11.5. The van der Waals surface area contributed by atoms with Gasteiger partial charge in [0.2, 0.25) is 0 Å². The van der Waals surface area contributed by atoms with Crippen molar-refractivity contribution < 1.29 is 49.7 Å². The van der Waals surface area contributed by atoms with Gasteiger partial charge in [0.05, 0.1) is 13.0 Å². The van der Waals surface area contributed by atoms with Gasteiger partial charge in [-0.2, -0.15) is 0 Å². The number of carboxylic acids is 1. The summed E-state index contributed by atoms with van der Waals surface area (Å²) in [4.78, 5) is 12.6. The molecule has 0 aliphatic heterocycles. The van der Waals surface area contributed by atoms with Crippen molar-refractivity contribution >= 4 is 5.97 Å². The number of carboxylic acid groups (broad SMARTS) is 1. The largest absolute Gasteiger partial charge is 1.00 e. The molecule has 0 heterocycles. The summed E-state index contributed by atoms with van der Waals surface area (Å²) in [5, 5.41) is 33.2. The zero-order valence-corrected chi connectivity index (χ0v) is 17.4. The number of hydrogen-bond donors (Lipinski definition) is 3. The van der Waals surface area contributed by atoms with E-state index < -0.39 is 5.97 Å². The first-order chi connectivity index (χ1) is 11.0. The molecule has 24 heavy (non-hydrogen) atoms. The smallest absolute Gasteiger partial charge is 0.875 e. The molecule has 0 atom stereocenters. The fourth-order valence-corrected chi connectivity index (χ4v) is 1.95. The van der Waals surface area contributed by atoms with Crippen molar-refractivity contribution in [3.8, 4) is 0 Å². The Kier molecular flexibility index (Phi) is 18.5. The number of hydrogen-bond acceptors (Lipinski definition) is 5. The number of nitrogens with zero attached hydrogens (tertiary/aromatic N) is 1. The molecule has 0 saturated carbocycles. The maximum atomic E-state index is 11.5. The normalized spacial score (nSPS) is 12.3. The average Bonchev–Trinajstić information content (AvgIpc) is 2.52. The summed E-state index contributed by atoms with van der Waals surface area (Å²) in [6.07, 6.45) is 7.00. The first-order valence-corrected chi connectivity index (χ1v) is 8.38. The van der Waals surface area contributed by atoms with Gasteiger partial charge in [-0.15, -0.1) is 5.76 Å². The van der Waals surface area contributed by atoms with Crippen molar-refractivity contribution in [2.24, 2.45) is 0 Å². The van der Waals surface area contributed by atoms with E-state index >= 15 is 0 Å². The molecule has 0 aliphatic rings. The van der Waals surface area contributed by atoms with Gasteiger partial charge in [-0.25, -0.2) is 0 Å². The van der Waals surface area contributed by atoms with Gasteiger partial charge in [0.1, 0.15) is 5.76 Å². The van der Waals surface area contributed by atoms with Crippen LogP contribution in [0.15, 0.2) is 23.7 Å². The molecule has 0 unspecified atom stereocenters. The molecule has 0 rings (SSSR count). The van der Waals surface area contributed by atoms with E-state index in [1.54, 1.807) is 12.2 Å². The summed E-state index contributed by atoms with van der Waals surface area (Å²) in [7, 11) is 0. The van der Waals surface area contributed by atoms with Crippen LogP contribution >= 0.6 is 0 Å². The summed E-state index contributed by atoms with van der Waals surface area (Å²) >= 11 is 0. The number of allylic oxidation sites excluding steroid dienone is 2. The van der Waals surface area contributed by atoms with E-state index in [4.69, 9.17) is 5.11 Å². The second-order valence-corrected chi connectivity index (χ2v) is 5.54. The minimum absolute atomic E-state index is 0. The van der Waals surface area contributed by atoms with Crippen LogP contribution in [0.3, 0.4) is 0 Å². The van der Waals surface area contributed by atoms with Crippen LogP contribution in [0.5, 0.6) is 0 Å². The van der Waals surface area contributed by atoms with Gasteiger partial charge in [0.25, 0.3) is 0 Å². The van der Waals surface area contributed by atoms with Crippen molar-refractivity contribution in [2.75, 3.05) is 32.7 Å². The van der Waals surface area contributed by atoms with E-state index in [-0.39, 0.29) is 47.5 Å². The van der Waals surface area contributed by atoms with Crippen LogP contribution in [0.2, 0.25) is 0 Å². The quantitative estimate of drug-likeness (QED) is 0.204. The maximum Gasteiger partial charge on any atom is 1.00 e. The summed E-state index contributed by atoms with van der Waals surface area (Å²) in [5.41, 5.74) is 0. The predicted octanol–water partition coefficient (Wildman–Crippen LogP) is -1.36. The number of aliphatic hydroxyl groups is 1. The topological polar surface area (TPSA) is 95.9 Å². The van der Waals surface area contributed by atoms with Gasteiger partial charge in [0.15, 0.2) is 0 Å². The molecule has 0 amide bonds. The van der Waals surface area contributed by atoms with Crippen molar-refractivity contribution in [2.45, 2.75) is 46.0 Å². The summed E-state index contributed by atoms with van der Waals surface area (Å²) < 4.78 is 0. The average molecular weight is 350 g/mol. The zero-order valence-electron chi connectivity index (χ0n) is 15.4. The Bertz CT molecular complexity index is 387. The van der Waals surface area contributed by atoms with E-state index in [0.717, 1.165) is 25.7 Å². The number of aliphatic carboxylic acids is 1. The molecule has 0 spiro atoms. The summed E-state index contributed by atoms with van der Waals surface area (Å²) in [6.45, 7) is 6.22. The van der Waals surface area contributed by atoms with Crippen LogP contribution in [-0.4, -0.2) is 53.8 Å². The number of unbranched alkanes of at least 4 members (excludes halogenated alkanes) is 2. The molecule has 0 bridgehead atoms. The fourth-order valence-electron chi connectivity index (χ4n) is 1.95. The molecule has 0 aromatic carbocycles. The van der Waals surface area contributed by atoms with Crippen molar-refractivity contribution in [1.82, 2.24) is 10.2 Å². The third-order valence-corrected chi connectivity index (χ3v) is 3.26. The van der Waals surface area contributed by atoms with E-state index in [1.165, 1.54) is 0 Å². The van der Waals surface area contributed by atoms with Crippen LogP contribution in [-0.2, 0) is 4.79 Å². The van der Waals surface area contributed by atoms with E-state index in [2.05, 4.69) is 5.32 Å². The number of aliphatic hydroxyl groups excluding tert-OH is 1. The Morgan fingerprint density at radius 2 is 1.75 bits per heavy atom. The van der Waals surface area contributed by atoms with Crippen LogP contribution in [0, 0.1) is 0 Å². The van der Waals surface area contributed by atoms with Gasteiger partial charge in [0, 0.05) is 26.2 Å². The Morgan fingerprint density at radius 3 is 2.33 bits per heavy atom. The Morgan fingerprint density at radius 1 is 1.12 bits per heavy atom. The third kappa shape index (κ3) is 16.3. The van der Waals surface area contributed by atoms with Gasteiger partial charge < -0.3 is 20.6 Å². The van der Waals surface area contributed by atoms with Crippen molar-refractivity contribution in [3.63, 3.8) is 0 Å². The monoisotopic (exact) mass is 350 g/mol. The predicted molar refractivity (Wildman–Crippen MR) is 90.2 cm³/mol. The molecular formula is C17H31N2NaO4. The van der Waals surface area contributed by atoms with Crippen LogP contribution in [0.1, 0.15) is 46.0 Å². The molecule has 0 aliphatic carbocycles. The molecule has 3 N–H and O–H groups in total. The van der Waals surface area contributed by atoms with Crippen LogP contribution in [0.25, 0.3) is 0 Å². The van der Waals surface area contributed by atoms with Crippen LogP contribution < -0.4 is 40.0 Å². The number of rotatable bonds is 14. The molecule has 0 fully saturated rings. The molecule has 0 aromatic rings. The molecule has 0 saturated heterocycles. The second-order valence-electron chi connectivity index (χ2n) is 5.54. The minimum Gasteiger partial charge on any atom is -0.875 e. The summed E-state index contributed by atoms with van der Waals surface area (Å²) in [5.74, 6) is -0.511. The molecule has 6 nitrogen and oxygen atoms in total. The standard InChI is InChI=1S/C17H32N2O4.Na/c1-3-5-7-15(20)13-18-10-12-19(11-9-17(22)23)14-16(21)8-6-4-2;/h7-8,18,20-21H,3-6,9-14H2,1-2H3,(H,22,23);/q;+1/p-1/b15-7-,16-8-;. The fraction of sp³-hybridized carbons (Fsp3) is 0.706. The van der Waals surface area contributed by atoms with E-state index in [1.807, 2.05) is 18.7 Å². The van der Waals surface area contributed by atoms with Gasteiger partial charge in [-0.1, -0.05) is 32.8 Å². The van der Waals surface area contributed by atoms with Gasteiger partial charge in [-0.05, 0) is 18.9 Å². The third-order valence-electron chi connectivity index (χ3n) is 3.26. The second kappa shape index (κ2) is 17.3. The summed E-state index contributed by atoms with van der Waals surface area (Å²) in [6, 6.07) is 0. The van der Waals surface area contributed by atoms with Crippen molar-refractivity contribution in [3.05, 3.63) is 23.7 Å². The minimum atomic E-state index is -0.857. The molecule has 0 radical (unpaired) electrons. The van der Waals surface area contributed by atoms with Gasteiger partial charge in [-0.3, -0.25) is 9.69 Å². The Hall–Kier alpha value is -0.530. The number of carbonyl (C=O) groups is 1. The molecule has 0 aromatic heterocycles. The number of nitrogens with one attached hydrogen (secondary N) is 1.